The van der Waals surface area contributed by atoms with Crippen molar-refractivity contribution in [1.29, 1.82) is 0 Å². The van der Waals surface area contributed by atoms with Gasteiger partial charge >= 0.3 is 5.97 Å². The van der Waals surface area contributed by atoms with E-state index in [1.54, 1.807) is 24.4 Å². The number of fused-ring (bicyclic) bond motifs is 1. The third-order valence-corrected chi connectivity index (χ3v) is 3.97. The van der Waals surface area contributed by atoms with Gasteiger partial charge < -0.3 is 15.7 Å². The Bertz CT molecular complexity index is 1110. The smallest absolute Gasteiger partial charge is 0.335 e. The van der Waals surface area contributed by atoms with Gasteiger partial charge in [-0.1, -0.05) is 18.2 Å². The fraction of sp³-hybridized carbons (Fsp3) is 0. The molecule has 0 aliphatic rings. The minimum absolute atomic E-state index is 0.231. The highest BCUT2D eigenvalue weighted by Gasteiger charge is 2.06. The Labute approximate surface area is 154 Å². The number of nitrogens with one attached hydrogen (secondary N) is 2. The Morgan fingerprint density at radius 3 is 2.37 bits per heavy atom. The molecular formula is C20H15N5O2. The fourth-order valence-corrected chi connectivity index (χ4v) is 2.68. The van der Waals surface area contributed by atoms with Gasteiger partial charge in [0.25, 0.3) is 0 Å². The first-order valence-electron chi connectivity index (χ1n) is 8.22. The van der Waals surface area contributed by atoms with Crippen LogP contribution < -0.4 is 10.6 Å². The van der Waals surface area contributed by atoms with Crippen LogP contribution in [-0.4, -0.2) is 26.0 Å². The highest BCUT2D eigenvalue weighted by Crippen LogP contribution is 2.25. The second-order valence-corrected chi connectivity index (χ2v) is 5.80. The van der Waals surface area contributed by atoms with Gasteiger partial charge in [0.1, 0.15) is 18.0 Å². The zero-order valence-electron chi connectivity index (χ0n) is 14.1. The standard InChI is InChI=1S/C20H15N5O2/c26-20(27)14-6-8-15(9-7-14)24-17-11-18(23-12-22-17)25-16-5-1-3-13-4-2-10-21-19(13)16/h1-12H,(H,26,27)(H2,22,23,24,25). The maximum absolute atomic E-state index is 10.9. The molecule has 4 aromatic rings. The minimum atomic E-state index is -0.959. The van der Waals surface area contributed by atoms with Crippen LogP contribution in [0.15, 0.2) is 73.2 Å². The normalized spacial score (nSPS) is 10.5. The summed E-state index contributed by atoms with van der Waals surface area (Å²) in [5, 5.41) is 16.4. The molecule has 0 unspecified atom stereocenters. The van der Waals surface area contributed by atoms with E-state index in [1.807, 2.05) is 30.3 Å². The van der Waals surface area contributed by atoms with Crippen molar-refractivity contribution in [3.8, 4) is 0 Å². The summed E-state index contributed by atoms with van der Waals surface area (Å²) >= 11 is 0. The lowest BCUT2D eigenvalue weighted by atomic mass is 10.2. The van der Waals surface area contributed by atoms with Crippen LogP contribution >= 0.6 is 0 Å². The second-order valence-electron chi connectivity index (χ2n) is 5.80. The number of rotatable bonds is 5. The SMILES string of the molecule is O=C(O)c1ccc(Nc2cc(Nc3cccc4cccnc34)ncn2)cc1. The molecule has 7 nitrogen and oxygen atoms in total. The maximum atomic E-state index is 10.9. The predicted octanol–water partition coefficient (Wildman–Crippen LogP) is 4.21. The number of hydrogen-bond acceptors (Lipinski definition) is 6. The summed E-state index contributed by atoms with van der Waals surface area (Å²) in [7, 11) is 0. The Kier molecular flexibility index (Phi) is 4.32. The van der Waals surface area contributed by atoms with Gasteiger partial charge in [-0.2, -0.15) is 0 Å². The molecule has 27 heavy (non-hydrogen) atoms. The highest BCUT2D eigenvalue weighted by atomic mass is 16.4. The van der Waals surface area contributed by atoms with E-state index in [0.717, 1.165) is 22.3 Å². The van der Waals surface area contributed by atoms with Gasteiger partial charge in [0, 0.05) is 23.3 Å². The summed E-state index contributed by atoms with van der Waals surface area (Å²) in [4.78, 5) is 23.8. The number of aromatic carboxylic acids is 1. The lowest BCUT2D eigenvalue weighted by Crippen LogP contribution is -2.00. The van der Waals surface area contributed by atoms with Gasteiger partial charge in [0.2, 0.25) is 0 Å². The van der Waals surface area contributed by atoms with Gasteiger partial charge in [-0.3, -0.25) is 4.98 Å². The molecule has 4 rings (SSSR count). The van der Waals surface area contributed by atoms with Crippen molar-refractivity contribution in [2.45, 2.75) is 0 Å². The summed E-state index contributed by atoms with van der Waals surface area (Å²) in [6, 6.07) is 18.0. The number of para-hydroxylation sites is 1. The summed E-state index contributed by atoms with van der Waals surface area (Å²) in [5.74, 6) is 0.246. The Balaban J connectivity index is 1.56. The molecule has 0 spiro atoms. The zero-order valence-corrected chi connectivity index (χ0v) is 14.1. The molecule has 132 valence electrons. The third-order valence-electron chi connectivity index (χ3n) is 3.97. The van der Waals surface area contributed by atoms with Crippen molar-refractivity contribution in [3.63, 3.8) is 0 Å². The number of aromatic nitrogens is 3. The number of carbonyl (C=O) groups is 1. The number of hydrogen-bond donors (Lipinski definition) is 3. The van der Waals surface area contributed by atoms with E-state index in [-0.39, 0.29) is 5.56 Å². The van der Waals surface area contributed by atoms with Gasteiger partial charge in [-0.15, -0.1) is 0 Å². The molecule has 0 radical (unpaired) electrons. The largest absolute Gasteiger partial charge is 0.478 e. The molecule has 0 fully saturated rings. The number of benzene rings is 2. The summed E-state index contributed by atoms with van der Waals surface area (Å²) in [5.41, 5.74) is 2.67. The van der Waals surface area contributed by atoms with Crippen LogP contribution in [0.25, 0.3) is 10.9 Å². The summed E-state index contributed by atoms with van der Waals surface area (Å²) in [6.07, 6.45) is 3.20. The van der Waals surface area contributed by atoms with Gasteiger partial charge in [-0.25, -0.2) is 14.8 Å². The molecule has 7 heteroatoms. The molecule has 0 bridgehead atoms. The lowest BCUT2D eigenvalue weighted by Gasteiger charge is -2.10. The van der Waals surface area contributed by atoms with E-state index in [1.165, 1.54) is 18.5 Å². The molecule has 0 saturated heterocycles. The van der Waals surface area contributed by atoms with Crippen molar-refractivity contribution in [1.82, 2.24) is 15.0 Å². The van der Waals surface area contributed by atoms with Crippen molar-refractivity contribution in [2.75, 3.05) is 10.6 Å². The molecule has 3 N–H and O–H groups in total. The van der Waals surface area contributed by atoms with E-state index < -0.39 is 5.97 Å². The topological polar surface area (TPSA) is 100 Å². The van der Waals surface area contributed by atoms with Crippen molar-refractivity contribution >= 4 is 39.9 Å². The second kappa shape index (κ2) is 7.09. The first-order chi connectivity index (χ1) is 13.2. The molecule has 2 aromatic heterocycles. The molecule has 2 aromatic carbocycles. The molecule has 0 saturated carbocycles. The van der Waals surface area contributed by atoms with Crippen LogP contribution in [0.3, 0.4) is 0 Å². The summed E-state index contributed by atoms with van der Waals surface area (Å²) in [6.45, 7) is 0. The van der Waals surface area contributed by atoms with Gasteiger partial charge in [-0.05, 0) is 36.4 Å². The number of nitrogens with zero attached hydrogens (tertiary/aromatic N) is 3. The monoisotopic (exact) mass is 357 g/mol. The third kappa shape index (κ3) is 3.67. The Hall–Kier alpha value is -4.00. The van der Waals surface area contributed by atoms with Crippen molar-refractivity contribution in [2.24, 2.45) is 0 Å². The Morgan fingerprint density at radius 2 is 1.59 bits per heavy atom. The molecule has 0 atom stereocenters. The quantitative estimate of drug-likeness (QED) is 0.492. The van der Waals surface area contributed by atoms with Crippen LogP contribution in [0.1, 0.15) is 10.4 Å². The molecule has 0 aliphatic heterocycles. The van der Waals surface area contributed by atoms with Crippen LogP contribution in [0.2, 0.25) is 0 Å². The van der Waals surface area contributed by atoms with Gasteiger partial charge in [0.15, 0.2) is 0 Å². The van der Waals surface area contributed by atoms with E-state index in [0.29, 0.717) is 11.6 Å². The fourth-order valence-electron chi connectivity index (χ4n) is 2.68. The van der Waals surface area contributed by atoms with Crippen molar-refractivity contribution < 1.29 is 9.90 Å². The molecule has 0 amide bonds. The molecule has 2 heterocycles. The first-order valence-corrected chi connectivity index (χ1v) is 8.22. The van der Waals surface area contributed by atoms with Crippen LogP contribution in [0, 0.1) is 0 Å². The number of pyridine rings is 1. The number of anilines is 4. The zero-order chi connectivity index (χ0) is 18.6. The van der Waals surface area contributed by atoms with E-state index >= 15 is 0 Å². The average Bonchev–Trinajstić information content (AvgIpc) is 2.69. The van der Waals surface area contributed by atoms with Crippen LogP contribution in [0.4, 0.5) is 23.0 Å². The summed E-state index contributed by atoms with van der Waals surface area (Å²) < 4.78 is 0. The van der Waals surface area contributed by atoms with Crippen LogP contribution in [-0.2, 0) is 0 Å². The van der Waals surface area contributed by atoms with E-state index in [2.05, 4.69) is 25.6 Å². The first kappa shape index (κ1) is 16.5. The van der Waals surface area contributed by atoms with Crippen LogP contribution in [0.5, 0.6) is 0 Å². The van der Waals surface area contributed by atoms with Crippen molar-refractivity contribution in [3.05, 3.63) is 78.8 Å². The Morgan fingerprint density at radius 1 is 0.852 bits per heavy atom. The van der Waals surface area contributed by atoms with E-state index in [4.69, 9.17) is 5.11 Å². The maximum Gasteiger partial charge on any atom is 0.335 e. The highest BCUT2D eigenvalue weighted by molar-refractivity contribution is 5.91. The predicted molar refractivity (Wildman–Crippen MR) is 104 cm³/mol. The minimum Gasteiger partial charge on any atom is -0.478 e. The number of carboxylic acids is 1. The number of carboxylic acid groups (broad SMARTS) is 1. The average molecular weight is 357 g/mol. The lowest BCUT2D eigenvalue weighted by molar-refractivity contribution is 0.0697. The molecular weight excluding hydrogens is 342 g/mol. The molecule has 0 aliphatic carbocycles. The van der Waals surface area contributed by atoms with E-state index in [9.17, 15) is 4.79 Å². The van der Waals surface area contributed by atoms with Gasteiger partial charge in [0.05, 0.1) is 16.8 Å².